The quantitative estimate of drug-likeness (QED) is 0.319. The number of amides is 3. The highest BCUT2D eigenvalue weighted by atomic mass is 16.5. The van der Waals surface area contributed by atoms with Crippen molar-refractivity contribution in [2.45, 2.75) is 88.0 Å². The first-order valence-corrected chi connectivity index (χ1v) is 19.2. The maximum absolute atomic E-state index is 14.8. The Hall–Kier alpha value is -4.77. The van der Waals surface area contributed by atoms with Gasteiger partial charge in [-0.25, -0.2) is 4.98 Å². The predicted octanol–water partition coefficient (Wildman–Crippen LogP) is 5.14. The van der Waals surface area contributed by atoms with E-state index in [1.54, 1.807) is 7.11 Å². The van der Waals surface area contributed by atoms with Crippen molar-refractivity contribution in [3.63, 3.8) is 0 Å². The van der Waals surface area contributed by atoms with Crippen molar-refractivity contribution in [1.29, 1.82) is 0 Å². The molecule has 2 saturated heterocycles. The number of aromatic nitrogens is 1. The van der Waals surface area contributed by atoms with Gasteiger partial charge in [-0.3, -0.25) is 19.2 Å². The fraction of sp³-hybridized carbons (Fsp3) is 0.500. The molecular formula is C42H48N4O7. The van der Waals surface area contributed by atoms with E-state index in [0.717, 1.165) is 48.7 Å². The molecule has 2 aromatic carbocycles. The molecule has 11 heteroatoms. The Morgan fingerprint density at radius 1 is 1.04 bits per heavy atom. The minimum atomic E-state index is -1.17. The molecule has 3 aromatic rings. The van der Waals surface area contributed by atoms with Gasteiger partial charge >= 0.3 is 0 Å². The summed E-state index contributed by atoms with van der Waals surface area (Å²) in [7, 11) is 1.61. The highest BCUT2D eigenvalue weighted by molar-refractivity contribution is 5.98. The number of primary amides is 1. The third-order valence-electron chi connectivity index (χ3n) is 12.2. The minimum Gasteiger partial charge on any atom is -0.497 e. The SMILES string of the molecule is COc1ccc2c(O[C@H]3CC4C(=O)[C@@H](CC(=O)N5CC6CC5CO6)CCCCC/C=C\[C@@H]5C[C@@]5(C(N)=O)NC(=O)[C@@H]4C3)cc(-c3ccccc3)nc2c1. The molecule has 3 aliphatic heterocycles. The number of allylic oxidation sites excluding steroid dienone is 1. The number of morpholine rings is 1. The first-order valence-electron chi connectivity index (χ1n) is 19.2. The molecule has 0 radical (unpaired) electrons. The van der Waals surface area contributed by atoms with Crippen molar-refractivity contribution in [3.8, 4) is 22.8 Å². The van der Waals surface area contributed by atoms with Crippen LogP contribution in [0, 0.1) is 23.7 Å². The summed E-state index contributed by atoms with van der Waals surface area (Å²) in [5.41, 5.74) is 7.08. The standard InChI is InChI=1S/C42H48N4O7/c1-51-29-14-15-32-36(20-29)44-35(25-10-7-5-8-11-25)21-37(32)53-30-18-33-34(19-30)40(49)45-42(41(43)50)22-27(42)13-9-4-2-3-6-12-26(39(33)48)16-38(47)46-23-31-17-28(46)24-52-31/h5,7-11,13-15,20-21,26-28,30-31,33-34H,2-4,6,12,16-19,22-24H2,1H3,(H2,43,50)(H,45,49)/b13-9-/t26-,27-,28?,30+,31?,33?,34-,42-/m1/s1. The summed E-state index contributed by atoms with van der Waals surface area (Å²) in [6.45, 7) is 1.10. The topological polar surface area (TPSA) is 150 Å². The number of methoxy groups -OCH3 is 1. The van der Waals surface area contributed by atoms with Gasteiger partial charge in [0, 0.05) is 53.8 Å². The lowest BCUT2D eigenvalue weighted by Gasteiger charge is -2.29. The van der Waals surface area contributed by atoms with Gasteiger partial charge in [-0.05, 0) is 57.1 Å². The third kappa shape index (κ3) is 7.03. The average Bonchev–Trinajstić information content (AvgIpc) is 3.50. The molecule has 1 aromatic heterocycles. The molecule has 11 nitrogen and oxygen atoms in total. The normalized spacial score (nSPS) is 31.9. The number of carbonyl (C=O) groups excluding carboxylic acids is 4. The number of hydrogen-bond acceptors (Lipinski definition) is 8. The highest BCUT2D eigenvalue weighted by Crippen LogP contribution is 2.47. The number of pyridine rings is 1. The van der Waals surface area contributed by atoms with Crippen LogP contribution in [0.3, 0.4) is 0 Å². The molecule has 4 heterocycles. The van der Waals surface area contributed by atoms with Gasteiger partial charge in [0.2, 0.25) is 17.7 Å². The number of nitrogens with zero attached hydrogens (tertiary/aromatic N) is 2. The van der Waals surface area contributed by atoms with Crippen LogP contribution in [0.15, 0.2) is 66.7 Å². The third-order valence-corrected chi connectivity index (χ3v) is 12.2. The Balaban J connectivity index is 1.11. The number of nitrogens with two attached hydrogens (primary N) is 1. The number of fused-ring (bicyclic) bond motifs is 5. The van der Waals surface area contributed by atoms with E-state index in [1.807, 2.05) is 65.6 Å². The smallest absolute Gasteiger partial charge is 0.243 e. The largest absolute Gasteiger partial charge is 0.497 e. The number of hydrogen-bond donors (Lipinski definition) is 2. The van der Waals surface area contributed by atoms with Gasteiger partial charge in [0.1, 0.15) is 28.9 Å². The molecule has 3 amide bonds. The Morgan fingerprint density at radius 2 is 1.87 bits per heavy atom. The first-order chi connectivity index (χ1) is 25.7. The van der Waals surface area contributed by atoms with Crippen molar-refractivity contribution >= 4 is 34.4 Å². The van der Waals surface area contributed by atoms with Gasteiger partial charge in [0.25, 0.3) is 0 Å². The van der Waals surface area contributed by atoms with Gasteiger partial charge in [-0.1, -0.05) is 55.3 Å². The van der Waals surface area contributed by atoms with Crippen molar-refractivity contribution in [1.82, 2.24) is 15.2 Å². The van der Waals surface area contributed by atoms with Gasteiger partial charge < -0.3 is 30.2 Å². The van der Waals surface area contributed by atoms with E-state index in [9.17, 15) is 19.2 Å². The molecule has 2 bridgehead atoms. The van der Waals surface area contributed by atoms with E-state index in [0.29, 0.717) is 49.4 Å². The summed E-state index contributed by atoms with van der Waals surface area (Å²) in [5.74, 6) is -1.94. The van der Waals surface area contributed by atoms with Crippen molar-refractivity contribution in [2.24, 2.45) is 29.4 Å². The highest BCUT2D eigenvalue weighted by Gasteiger charge is 2.60. The molecule has 2 aliphatic carbocycles. The summed E-state index contributed by atoms with van der Waals surface area (Å²) in [5, 5.41) is 3.80. The molecule has 53 heavy (non-hydrogen) atoms. The van der Waals surface area contributed by atoms with Crippen LogP contribution in [-0.4, -0.2) is 77.4 Å². The number of ether oxygens (including phenoxy) is 3. The Bertz CT molecular complexity index is 1930. The maximum atomic E-state index is 14.8. The van der Waals surface area contributed by atoms with Crippen LogP contribution < -0.4 is 20.5 Å². The van der Waals surface area contributed by atoms with E-state index in [4.69, 9.17) is 24.9 Å². The van der Waals surface area contributed by atoms with Gasteiger partial charge in [0.15, 0.2) is 0 Å². The number of benzene rings is 2. The zero-order valence-electron chi connectivity index (χ0n) is 30.2. The maximum Gasteiger partial charge on any atom is 0.243 e. The van der Waals surface area contributed by atoms with Crippen molar-refractivity contribution < 1.29 is 33.4 Å². The molecule has 8 atom stereocenters. The lowest BCUT2D eigenvalue weighted by Crippen LogP contribution is -2.51. The molecule has 3 unspecified atom stereocenters. The molecular weight excluding hydrogens is 672 g/mol. The van der Waals surface area contributed by atoms with Crippen LogP contribution >= 0.6 is 0 Å². The van der Waals surface area contributed by atoms with E-state index < -0.39 is 35.3 Å². The molecule has 3 N–H and O–H groups in total. The summed E-state index contributed by atoms with van der Waals surface area (Å²) in [4.78, 5) is 62.5. The summed E-state index contributed by atoms with van der Waals surface area (Å²) >= 11 is 0. The van der Waals surface area contributed by atoms with Crippen LogP contribution in [0.2, 0.25) is 0 Å². The van der Waals surface area contributed by atoms with E-state index in [1.165, 1.54) is 0 Å². The van der Waals surface area contributed by atoms with E-state index in [2.05, 4.69) is 11.4 Å². The van der Waals surface area contributed by atoms with Crippen LogP contribution in [0.5, 0.6) is 11.5 Å². The van der Waals surface area contributed by atoms with Gasteiger partial charge in [-0.2, -0.15) is 0 Å². The molecule has 2 saturated carbocycles. The van der Waals surface area contributed by atoms with Gasteiger partial charge in [0.05, 0.1) is 43.0 Å². The molecule has 8 rings (SSSR count). The van der Waals surface area contributed by atoms with Crippen LogP contribution in [0.4, 0.5) is 0 Å². The van der Waals surface area contributed by atoms with Crippen molar-refractivity contribution in [2.75, 3.05) is 20.3 Å². The van der Waals surface area contributed by atoms with Crippen molar-refractivity contribution in [3.05, 3.63) is 66.7 Å². The second kappa shape index (κ2) is 14.6. The predicted molar refractivity (Wildman–Crippen MR) is 198 cm³/mol. The van der Waals surface area contributed by atoms with E-state index in [-0.39, 0.29) is 48.5 Å². The van der Waals surface area contributed by atoms with Crippen LogP contribution in [0.25, 0.3) is 22.2 Å². The molecule has 5 aliphatic rings. The fourth-order valence-corrected chi connectivity index (χ4v) is 9.12. The number of ketones is 1. The Morgan fingerprint density at radius 3 is 2.62 bits per heavy atom. The second-order valence-corrected chi connectivity index (χ2v) is 15.6. The number of Topliss-reactive ketones (excluding diaryl/α,β-unsaturated/α-hetero) is 1. The number of nitrogens with one attached hydrogen (secondary N) is 1. The van der Waals surface area contributed by atoms with Gasteiger partial charge in [-0.15, -0.1) is 0 Å². The fourth-order valence-electron chi connectivity index (χ4n) is 9.12. The zero-order valence-corrected chi connectivity index (χ0v) is 30.2. The minimum absolute atomic E-state index is 0.0209. The number of rotatable bonds is 7. The number of carbonyl (C=O) groups is 4. The lowest BCUT2D eigenvalue weighted by atomic mass is 9.81. The van der Waals surface area contributed by atoms with Crippen LogP contribution in [0.1, 0.15) is 64.2 Å². The average molecular weight is 721 g/mol. The molecule has 0 spiro atoms. The van der Waals surface area contributed by atoms with Crippen LogP contribution in [-0.2, 0) is 23.9 Å². The lowest BCUT2D eigenvalue weighted by molar-refractivity contribution is -0.142. The zero-order chi connectivity index (χ0) is 36.7. The Kier molecular flexibility index (Phi) is 9.70. The summed E-state index contributed by atoms with van der Waals surface area (Å²) < 4.78 is 18.0. The molecule has 4 fully saturated rings. The first kappa shape index (κ1) is 35.3. The second-order valence-electron chi connectivity index (χ2n) is 15.6. The Labute approximate surface area is 309 Å². The molecule has 278 valence electrons. The summed E-state index contributed by atoms with van der Waals surface area (Å²) in [6.07, 6.45) is 9.66. The summed E-state index contributed by atoms with van der Waals surface area (Å²) in [6, 6.07) is 17.4. The monoisotopic (exact) mass is 720 g/mol. The number of likely N-dealkylation sites (tertiary alicyclic amines) is 1. The van der Waals surface area contributed by atoms with E-state index >= 15 is 0 Å².